The third kappa shape index (κ3) is 48.3. The van der Waals surface area contributed by atoms with Gasteiger partial charge in [-0.1, -0.05) is 0 Å². The summed E-state index contributed by atoms with van der Waals surface area (Å²) in [6.45, 7) is 0.512. The van der Waals surface area contributed by atoms with Gasteiger partial charge < -0.3 is 37.9 Å². The Hall–Kier alpha value is 3.40. The van der Waals surface area contributed by atoms with Crippen LogP contribution in [0.2, 0.25) is 0 Å². The van der Waals surface area contributed by atoms with Crippen molar-refractivity contribution in [3.63, 3.8) is 0 Å². The Balaban J connectivity index is -0.000000459. The molecule has 40 heavy (non-hydrogen) atoms. The van der Waals surface area contributed by atoms with E-state index in [1.807, 2.05) is 0 Å². The summed E-state index contributed by atoms with van der Waals surface area (Å²) in [6, 6.07) is 0. The Morgan fingerprint density at radius 3 is 0.675 bits per heavy atom. The molecule has 0 unspecified atom stereocenters. The van der Waals surface area contributed by atoms with Gasteiger partial charge in [0.15, 0.2) is 0 Å². The molecule has 1 saturated heterocycles. The van der Waals surface area contributed by atoms with Crippen LogP contribution < -0.4 is 0 Å². The Morgan fingerprint density at radius 1 is 0.400 bits per heavy atom. The van der Waals surface area contributed by atoms with Gasteiger partial charge in [0, 0.05) is 0 Å². The van der Waals surface area contributed by atoms with Crippen molar-refractivity contribution in [2.24, 2.45) is 0 Å². The van der Waals surface area contributed by atoms with E-state index in [2.05, 4.69) is 18.9 Å². The van der Waals surface area contributed by atoms with Crippen molar-refractivity contribution in [1.29, 1.82) is 0 Å². The van der Waals surface area contributed by atoms with Crippen LogP contribution in [-0.2, 0) is 98.8 Å². The molecule has 24 heteroatoms. The van der Waals surface area contributed by atoms with Crippen LogP contribution in [0.1, 0.15) is 0 Å². The summed E-state index contributed by atoms with van der Waals surface area (Å²) in [5.41, 5.74) is 0. The maximum absolute atomic E-state index is 11.4. The zero-order chi connectivity index (χ0) is 31.3. The van der Waals surface area contributed by atoms with E-state index in [9.17, 15) is 19.2 Å². The predicted molar refractivity (Wildman–Crippen MR) is 145 cm³/mol. The van der Waals surface area contributed by atoms with Gasteiger partial charge in [-0.05, 0) is 0 Å². The summed E-state index contributed by atoms with van der Waals surface area (Å²) in [7, 11) is 39.5. The van der Waals surface area contributed by atoms with E-state index < -0.39 is 103 Å². The van der Waals surface area contributed by atoms with Crippen molar-refractivity contribution in [3.05, 3.63) is 0 Å². The molecule has 0 aromatic heterocycles. The molecular formula is C16H24Cl8O12Sn2Zr2. The van der Waals surface area contributed by atoms with Crippen molar-refractivity contribution in [2.45, 2.75) is 0 Å². The fraction of sp³-hybridized carbons (Fsp3) is 0.750. The number of ether oxygens (including phenoxy) is 8. The molecule has 4 radical (unpaired) electrons. The van der Waals surface area contributed by atoms with E-state index >= 15 is 0 Å². The molecule has 1 aliphatic rings. The number of carbonyl (C=O) groups is 4. The molecule has 0 amide bonds. The van der Waals surface area contributed by atoms with Crippen LogP contribution in [0.15, 0.2) is 0 Å². The standard InChI is InChI=1S/C16H24O12.8ClH.2Sn.2Zr/c17-13-14(18)27-11-7-23-3-4-24-8-12-28-16(20)15(19)26-10-6-22-2-1-21-5-9-25-13;;;;;;;;;;;;/h1-12H2;8*1H;;;;/q;;;;;;;;;4*+2/p-8. The first-order valence-corrected chi connectivity index (χ1v) is 37.2. The van der Waals surface area contributed by atoms with E-state index in [4.69, 9.17) is 88.7 Å². The molecule has 0 N–H and O–H groups in total. The first-order valence-electron chi connectivity index (χ1n) is 10.1. The number of hydrogen-bond acceptors (Lipinski definition) is 12. The van der Waals surface area contributed by atoms with Crippen molar-refractivity contribution in [2.75, 3.05) is 79.3 Å². The van der Waals surface area contributed by atoms with Crippen LogP contribution in [0, 0.1) is 0 Å². The molecule has 1 heterocycles. The molecule has 232 valence electrons. The summed E-state index contributed by atoms with van der Waals surface area (Å²) in [4.78, 5) is 45.4. The molecule has 0 bridgehead atoms. The normalized spacial score (nSPS) is 16.6. The van der Waals surface area contributed by atoms with Gasteiger partial charge in [0.2, 0.25) is 0 Å². The van der Waals surface area contributed by atoms with Crippen molar-refractivity contribution in [3.8, 4) is 0 Å². The minimum atomic E-state index is -1.12. The fourth-order valence-electron chi connectivity index (χ4n) is 1.65. The van der Waals surface area contributed by atoms with E-state index in [0.717, 1.165) is 0 Å². The third-order valence-corrected chi connectivity index (χ3v) is 2.92. The molecule has 1 rings (SSSR count). The number of halogens is 8. The molecule has 0 aromatic carbocycles. The van der Waals surface area contributed by atoms with Gasteiger partial charge in [-0.2, -0.15) is 0 Å². The van der Waals surface area contributed by atoms with Gasteiger partial charge in [0.05, 0.1) is 52.9 Å². The zero-order valence-corrected chi connectivity index (χ0v) is 37.1. The summed E-state index contributed by atoms with van der Waals surface area (Å²) < 4.78 is 39.2. The molecule has 0 spiro atoms. The summed E-state index contributed by atoms with van der Waals surface area (Å²) >= 11 is -3.30. The van der Waals surface area contributed by atoms with E-state index in [1.165, 1.54) is 0 Å². The molecule has 0 atom stereocenters. The van der Waals surface area contributed by atoms with Crippen molar-refractivity contribution < 1.29 is 98.8 Å². The second-order valence-corrected chi connectivity index (χ2v) is 21.2. The van der Waals surface area contributed by atoms with Crippen LogP contribution in [0.3, 0.4) is 0 Å². The molecule has 1 aliphatic heterocycles. The molecular weight excluding hydrogens is 1090 g/mol. The van der Waals surface area contributed by atoms with Gasteiger partial charge in [0.25, 0.3) is 0 Å². The number of carbonyl (C=O) groups excluding carboxylic acids is 4. The predicted octanol–water partition coefficient (Wildman–Crippen LogP) is 2.99. The van der Waals surface area contributed by atoms with Gasteiger partial charge >= 0.3 is 173 Å². The molecule has 12 nitrogen and oxygen atoms in total. The minimum absolute atomic E-state index is 0.0618. The topological polar surface area (TPSA) is 142 Å². The molecule has 1 fully saturated rings. The zero-order valence-electron chi connectivity index (χ0n) is 20.4. The molecule has 0 saturated carbocycles. The average molecular weight is 1110 g/mol. The Morgan fingerprint density at radius 2 is 0.525 bits per heavy atom. The van der Waals surface area contributed by atoms with E-state index in [0.29, 0.717) is 0 Å². The molecule has 0 aliphatic carbocycles. The van der Waals surface area contributed by atoms with Gasteiger partial charge in [0.1, 0.15) is 26.4 Å². The summed E-state index contributed by atoms with van der Waals surface area (Å²) in [6.07, 6.45) is 0. The maximum atomic E-state index is 11.4. The van der Waals surface area contributed by atoms with E-state index in [1.54, 1.807) is 0 Å². The van der Waals surface area contributed by atoms with Crippen LogP contribution >= 0.6 is 69.7 Å². The van der Waals surface area contributed by atoms with Crippen LogP contribution in [0.5, 0.6) is 0 Å². The first kappa shape index (κ1) is 50.3. The van der Waals surface area contributed by atoms with Gasteiger partial charge in [-0.25, -0.2) is 19.2 Å². The van der Waals surface area contributed by atoms with Crippen molar-refractivity contribution >= 4 is 131 Å². The van der Waals surface area contributed by atoms with Crippen LogP contribution in [-0.4, -0.2) is 141 Å². The summed E-state index contributed by atoms with van der Waals surface area (Å²) in [5.74, 6) is -4.47. The van der Waals surface area contributed by atoms with Crippen LogP contribution in [0.4, 0.5) is 0 Å². The van der Waals surface area contributed by atoms with Crippen molar-refractivity contribution in [1.82, 2.24) is 0 Å². The quantitative estimate of drug-likeness (QED) is 0.153. The van der Waals surface area contributed by atoms with E-state index in [-0.39, 0.29) is 79.3 Å². The average Bonchev–Trinajstić information content (AvgIpc) is 2.91. The number of hydrogen-bond donors (Lipinski definition) is 0. The second kappa shape index (κ2) is 46.8. The number of cyclic esters (lactones) is 4. The Kier molecular flexibility index (Phi) is 58.8. The van der Waals surface area contributed by atoms with Gasteiger partial charge in [-0.3, -0.25) is 0 Å². The van der Waals surface area contributed by atoms with Gasteiger partial charge in [-0.15, -0.1) is 0 Å². The van der Waals surface area contributed by atoms with Crippen LogP contribution in [0.25, 0.3) is 0 Å². The Labute approximate surface area is 304 Å². The summed E-state index contributed by atoms with van der Waals surface area (Å²) in [5, 5.41) is 0. The third-order valence-electron chi connectivity index (χ3n) is 2.92. The monoisotopic (exact) mass is 1110 g/mol. The SMILES string of the molecule is O=C1OCCOCCOCCOC(=O)C(=O)OCCOCCOCCOC1=O.[Cl][Sn][Cl].[Cl][Sn][Cl].[Cl][Zr][Cl].[Cl][Zr][Cl]. The molecule has 0 aromatic rings. The first-order chi connectivity index (χ1) is 19.3. The second-order valence-electron chi connectivity index (χ2n) is 5.28. The number of rotatable bonds is 0. The Bertz CT molecular complexity index is 502. The number of esters is 4. The fourth-order valence-corrected chi connectivity index (χ4v) is 1.65.